The van der Waals surface area contributed by atoms with Crippen LogP contribution in [0.1, 0.15) is 12.0 Å². The fourth-order valence-corrected chi connectivity index (χ4v) is 2.72. The first kappa shape index (κ1) is 11.3. The van der Waals surface area contributed by atoms with E-state index in [1.165, 1.54) is 5.56 Å². The largest absolute Gasteiger partial charge is 0.497 e. The zero-order valence-corrected chi connectivity index (χ0v) is 10.0. The number of nitrogens with one attached hydrogen (secondary N) is 1. The van der Waals surface area contributed by atoms with E-state index in [4.69, 9.17) is 4.74 Å². The van der Waals surface area contributed by atoms with Crippen molar-refractivity contribution in [2.24, 2.45) is 0 Å². The van der Waals surface area contributed by atoms with Crippen LogP contribution in [0.2, 0.25) is 0 Å². The molecule has 0 aliphatic carbocycles. The highest BCUT2D eigenvalue weighted by molar-refractivity contribution is 7.99. The lowest BCUT2D eigenvalue weighted by Crippen LogP contribution is -2.14. The Bertz CT molecular complexity index is 364. The Morgan fingerprint density at radius 2 is 2.19 bits per heavy atom. The first-order chi connectivity index (χ1) is 7.78. The minimum absolute atomic E-state index is 0.173. The summed E-state index contributed by atoms with van der Waals surface area (Å²) in [5.74, 6) is 2.00. The number of benzene rings is 1. The molecule has 0 unspecified atom stereocenters. The third-order valence-electron chi connectivity index (χ3n) is 2.58. The number of hydrogen-bond acceptors (Lipinski definition) is 3. The maximum atomic E-state index is 11.0. The van der Waals surface area contributed by atoms with Crippen molar-refractivity contribution in [3.8, 4) is 5.75 Å². The van der Waals surface area contributed by atoms with Crippen LogP contribution >= 0.6 is 11.8 Å². The second-order valence-electron chi connectivity index (χ2n) is 3.79. The molecule has 3 nitrogen and oxygen atoms in total. The van der Waals surface area contributed by atoms with Crippen molar-refractivity contribution in [2.75, 3.05) is 13.7 Å². The molecule has 1 atom stereocenters. The molecular formula is C12H15NO2S. The minimum Gasteiger partial charge on any atom is -0.497 e. The van der Waals surface area contributed by atoms with Gasteiger partial charge in [0.15, 0.2) is 0 Å². The lowest BCUT2D eigenvalue weighted by molar-refractivity contribution is -0.119. The third kappa shape index (κ3) is 2.92. The molecule has 1 amide bonds. The predicted octanol–water partition coefficient (Wildman–Crippen LogP) is 1.82. The quantitative estimate of drug-likeness (QED) is 0.868. The summed E-state index contributed by atoms with van der Waals surface area (Å²) in [6.45, 7) is 0.805. The van der Waals surface area contributed by atoms with Gasteiger partial charge in [-0.15, -0.1) is 0 Å². The average Bonchev–Trinajstić information content (AvgIpc) is 2.73. The summed E-state index contributed by atoms with van der Waals surface area (Å²) in [5.41, 5.74) is 1.27. The van der Waals surface area contributed by atoms with Crippen LogP contribution in [-0.4, -0.2) is 24.8 Å². The Balaban J connectivity index is 1.82. The van der Waals surface area contributed by atoms with Crippen molar-refractivity contribution in [1.29, 1.82) is 0 Å². The number of thioether (sulfide) groups is 1. The van der Waals surface area contributed by atoms with E-state index in [9.17, 15) is 4.79 Å². The molecule has 16 heavy (non-hydrogen) atoms. The van der Waals surface area contributed by atoms with Gasteiger partial charge in [0.2, 0.25) is 5.91 Å². The molecule has 2 rings (SSSR count). The van der Waals surface area contributed by atoms with Crippen molar-refractivity contribution in [3.05, 3.63) is 29.8 Å². The molecule has 0 saturated carbocycles. The van der Waals surface area contributed by atoms with Crippen LogP contribution in [0.25, 0.3) is 0 Å². The second kappa shape index (κ2) is 5.25. The number of carbonyl (C=O) groups excluding carboxylic acids is 1. The zero-order chi connectivity index (χ0) is 11.4. The molecule has 1 heterocycles. The van der Waals surface area contributed by atoms with Crippen LogP contribution in [-0.2, 0) is 10.5 Å². The maximum Gasteiger partial charge on any atom is 0.221 e. The molecule has 1 aromatic rings. The SMILES string of the molecule is COc1ccc(CS[C@@H]2CNC(=O)C2)cc1. The van der Waals surface area contributed by atoms with Gasteiger partial charge in [-0.05, 0) is 17.7 Å². The highest BCUT2D eigenvalue weighted by atomic mass is 32.2. The Labute approximate surface area is 99.6 Å². The molecule has 1 aliphatic rings. The lowest BCUT2D eigenvalue weighted by atomic mass is 10.2. The van der Waals surface area contributed by atoms with Crippen molar-refractivity contribution < 1.29 is 9.53 Å². The molecule has 1 fully saturated rings. The highest BCUT2D eigenvalue weighted by Crippen LogP contribution is 2.23. The predicted molar refractivity (Wildman–Crippen MR) is 65.7 cm³/mol. The molecule has 1 saturated heterocycles. The highest BCUT2D eigenvalue weighted by Gasteiger charge is 2.21. The molecule has 0 aromatic heterocycles. The van der Waals surface area contributed by atoms with Gasteiger partial charge in [-0.25, -0.2) is 0 Å². The van der Waals surface area contributed by atoms with E-state index >= 15 is 0 Å². The molecule has 0 spiro atoms. The molecule has 86 valence electrons. The summed E-state index contributed by atoms with van der Waals surface area (Å²) in [4.78, 5) is 11.0. The summed E-state index contributed by atoms with van der Waals surface area (Å²) in [5, 5.41) is 3.27. The van der Waals surface area contributed by atoms with Gasteiger partial charge in [0.05, 0.1) is 7.11 Å². The van der Waals surface area contributed by atoms with Gasteiger partial charge in [0, 0.05) is 24.0 Å². The first-order valence-corrected chi connectivity index (χ1v) is 6.34. The standard InChI is InChI=1S/C12H15NO2S/c1-15-10-4-2-9(3-5-10)8-16-11-6-12(14)13-7-11/h2-5,11H,6-8H2,1H3,(H,13,14)/t11-/m0/s1. The smallest absolute Gasteiger partial charge is 0.221 e. The number of hydrogen-bond donors (Lipinski definition) is 1. The van der Waals surface area contributed by atoms with Crippen molar-refractivity contribution in [2.45, 2.75) is 17.4 Å². The number of rotatable bonds is 4. The minimum atomic E-state index is 0.173. The number of ether oxygens (including phenoxy) is 1. The van der Waals surface area contributed by atoms with Crippen molar-refractivity contribution >= 4 is 17.7 Å². The van der Waals surface area contributed by atoms with E-state index in [-0.39, 0.29) is 5.91 Å². The number of carbonyl (C=O) groups is 1. The molecule has 1 aliphatic heterocycles. The normalized spacial score (nSPS) is 19.6. The van der Waals surface area contributed by atoms with Crippen LogP contribution in [0.15, 0.2) is 24.3 Å². The monoisotopic (exact) mass is 237 g/mol. The third-order valence-corrected chi connectivity index (χ3v) is 3.89. The molecule has 1 N–H and O–H groups in total. The first-order valence-electron chi connectivity index (χ1n) is 5.29. The molecular weight excluding hydrogens is 222 g/mol. The van der Waals surface area contributed by atoms with Crippen LogP contribution < -0.4 is 10.1 Å². The zero-order valence-electron chi connectivity index (χ0n) is 9.23. The van der Waals surface area contributed by atoms with Crippen LogP contribution in [0, 0.1) is 0 Å². The molecule has 0 radical (unpaired) electrons. The van der Waals surface area contributed by atoms with E-state index in [0.717, 1.165) is 18.0 Å². The van der Waals surface area contributed by atoms with Gasteiger partial charge < -0.3 is 10.1 Å². The van der Waals surface area contributed by atoms with Crippen LogP contribution in [0.5, 0.6) is 5.75 Å². The topological polar surface area (TPSA) is 38.3 Å². The Morgan fingerprint density at radius 3 is 2.75 bits per heavy atom. The number of amides is 1. The van der Waals surface area contributed by atoms with Gasteiger partial charge in [-0.2, -0.15) is 11.8 Å². The van der Waals surface area contributed by atoms with Crippen molar-refractivity contribution in [3.63, 3.8) is 0 Å². The summed E-state index contributed by atoms with van der Waals surface area (Å²) < 4.78 is 5.10. The molecule has 1 aromatic carbocycles. The van der Waals surface area contributed by atoms with Gasteiger partial charge in [-0.1, -0.05) is 12.1 Å². The van der Waals surface area contributed by atoms with Crippen molar-refractivity contribution in [1.82, 2.24) is 5.32 Å². The summed E-state index contributed by atoms with van der Waals surface area (Å²) in [7, 11) is 1.67. The Hall–Kier alpha value is -1.16. The van der Waals surface area contributed by atoms with Crippen LogP contribution in [0.3, 0.4) is 0 Å². The molecule has 4 heteroatoms. The van der Waals surface area contributed by atoms with E-state index < -0.39 is 0 Å². The average molecular weight is 237 g/mol. The fourth-order valence-electron chi connectivity index (χ4n) is 1.63. The summed E-state index contributed by atoms with van der Waals surface area (Å²) >= 11 is 1.83. The maximum absolute atomic E-state index is 11.0. The van der Waals surface area contributed by atoms with Gasteiger partial charge in [0.25, 0.3) is 0 Å². The Morgan fingerprint density at radius 1 is 1.44 bits per heavy atom. The lowest BCUT2D eigenvalue weighted by Gasteiger charge is -2.07. The Kier molecular flexibility index (Phi) is 3.72. The van der Waals surface area contributed by atoms with Crippen LogP contribution in [0.4, 0.5) is 0 Å². The second-order valence-corrected chi connectivity index (χ2v) is 5.08. The number of methoxy groups -OCH3 is 1. The van der Waals surface area contributed by atoms with E-state index in [1.54, 1.807) is 7.11 Å². The summed E-state index contributed by atoms with van der Waals surface area (Å²) in [6, 6.07) is 8.06. The van der Waals surface area contributed by atoms with E-state index in [2.05, 4.69) is 17.4 Å². The summed E-state index contributed by atoms with van der Waals surface area (Å²) in [6.07, 6.45) is 0.654. The van der Waals surface area contributed by atoms with Gasteiger partial charge >= 0.3 is 0 Å². The van der Waals surface area contributed by atoms with E-state index in [0.29, 0.717) is 11.7 Å². The fraction of sp³-hybridized carbons (Fsp3) is 0.417. The molecule has 0 bridgehead atoms. The van der Waals surface area contributed by atoms with Gasteiger partial charge in [0.1, 0.15) is 5.75 Å². The van der Waals surface area contributed by atoms with Gasteiger partial charge in [-0.3, -0.25) is 4.79 Å². The van der Waals surface area contributed by atoms with E-state index in [1.807, 2.05) is 23.9 Å².